The van der Waals surface area contributed by atoms with E-state index in [1.54, 1.807) is 31.4 Å². The molecule has 0 heterocycles. The van der Waals surface area contributed by atoms with Gasteiger partial charge in [0.15, 0.2) is 0 Å². The Labute approximate surface area is 155 Å². The number of hydrogen-bond acceptors (Lipinski definition) is 4. The second kappa shape index (κ2) is 9.74. The van der Waals surface area contributed by atoms with Gasteiger partial charge in [0.2, 0.25) is 5.91 Å². The molecule has 8 heteroatoms. The summed E-state index contributed by atoms with van der Waals surface area (Å²) in [5.74, 6) is -1.11. The molecule has 2 amide bonds. The van der Waals surface area contributed by atoms with Crippen LogP contribution in [0.5, 0.6) is 0 Å². The van der Waals surface area contributed by atoms with Gasteiger partial charge in [-0.05, 0) is 36.4 Å². The maximum atomic E-state index is 13.1. The number of methoxy groups -OCH3 is 1. The summed E-state index contributed by atoms with van der Waals surface area (Å²) in [5, 5.41) is 8.19. The number of hydrogen-bond donors (Lipinski definition) is 3. The Bertz CT molecular complexity index is 786. The average Bonchev–Trinajstić information content (AvgIpc) is 2.63. The van der Waals surface area contributed by atoms with Crippen LogP contribution in [0.15, 0.2) is 42.5 Å². The Morgan fingerprint density at radius 2 is 1.96 bits per heavy atom. The van der Waals surface area contributed by atoms with Crippen LogP contribution in [-0.2, 0) is 9.53 Å². The van der Waals surface area contributed by atoms with E-state index in [4.69, 9.17) is 16.3 Å². The van der Waals surface area contributed by atoms with E-state index >= 15 is 0 Å². The minimum atomic E-state index is -0.552. The predicted octanol–water partition coefficient (Wildman–Crippen LogP) is 2.91. The quantitative estimate of drug-likeness (QED) is 0.616. The number of halogens is 2. The van der Waals surface area contributed by atoms with Gasteiger partial charge in [-0.15, -0.1) is 0 Å². The Kier molecular flexibility index (Phi) is 7.37. The molecule has 0 saturated carbocycles. The van der Waals surface area contributed by atoms with Crippen LogP contribution in [-0.4, -0.2) is 38.6 Å². The zero-order valence-corrected chi connectivity index (χ0v) is 14.9. The largest absolute Gasteiger partial charge is 0.383 e. The van der Waals surface area contributed by atoms with Gasteiger partial charge in [-0.3, -0.25) is 9.59 Å². The van der Waals surface area contributed by atoms with Crippen molar-refractivity contribution >= 4 is 34.8 Å². The average molecular weight is 380 g/mol. The molecule has 0 atom stereocenters. The van der Waals surface area contributed by atoms with Crippen LogP contribution >= 0.6 is 11.6 Å². The summed E-state index contributed by atoms with van der Waals surface area (Å²) in [5.41, 5.74) is 1.49. The smallest absolute Gasteiger partial charge is 0.251 e. The molecule has 0 radical (unpaired) electrons. The molecular formula is C18H19ClFN3O3. The van der Waals surface area contributed by atoms with E-state index in [1.807, 2.05) is 0 Å². The van der Waals surface area contributed by atoms with Gasteiger partial charge in [-0.1, -0.05) is 17.7 Å². The van der Waals surface area contributed by atoms with Crippen molar-refractivity contribution in [1.29, 1.82) is 0 Å². The molecule has 2 aromatic carbocycles. The van der Waals surface area contributed by atoms with Gasteiger partial charge in [0.1, 0.15) is 5.82 Å². The molecular weight excluding hydrogens is 361 g/mol. The van der Waals surface area contributed by atoms with E-state index in [2.05, 4.69) is 16.0 Å². The molecule has 0 aromatic heterocycles. The monoisotopic (exact) mass is 379 g/mol. The fourth-order valence-electron chi connectivity index (χ4n) is 2.10. The summed E-state index contributed by atoms with van der Waals surface area (Å²) >= 11 is 5.68. The number of rotatable bonds is 8. The number of nitrogens with one attached hydrogen (secondary N) is 3. The highest BCUT2D eigenvalue weighted by molar-refractivity contribution is 6.31. The van der Waals surface area contributed by atoms with Gasteiger partial charge in [0.25, 0.3) is 5.91 Å². The molecule has 26 heavy (non-hydrogen) atoms. The zero-order valence-electron chi connectivity index (χ0n) is 14.1. The molecule has 2 aromatic rings. The second-order valence-electron chi connectivity index (χ2n) is 5.36. The lowest BCUT2D eigenvalue weighted by molar-refractivity contribution is -0.114. The van der Waals surface area contributed by atoms with Crippen molar-refractivity contribution in [3.05, 3.63) is 58.9 Å². The molecule has 0 fully saturated rings. The van der Waals surface area contributed by atoms with Gasteiger partial charge in [-0.25, -0.2) is 4.39 Å². The van der Waals surface area contributed by atoms with Crippen molar-refractivity contribution in [2.24, 2.45) is 0 Å². The molecule has 0 aliphatic carbocycles. The number of anilines is 2. The molecule has 0 unspecified atom stereocenters. The molecule has 0 bridgehead atoms. The minimum Gasteiger partial charge on any atom is -0.383 e. The number of benzene rings is 2. The van der Waals surface area contributed by atoms with Crippen LogP contribution in [0, 0.1) is 5.82 Å². The number of amides is 2. The van der Waals surface area contributed by atoms with Crippen LogP contribution in [0.4, 0.5) is 15.8 Å². The minimum absolute atomic E-state index is 0.0241. The molecule has 6 nitrogen and oxygen atoms in total. The molecule has 138 valence electrons. The van der Waals surface area contributed by atoms with Crippen molar-refractivity contribution in [3.8, 4) is 0 Å². The molecule has 0 saturated heterocycles. The number of carbonyl (C=O) groups excluding carboxylic acids is 2. The zero-order chi connectivity index (χ0) is 18.9. The van der Waals surface area contributed by atoms with E-state index in [-0.39, 0.29) is 23.4 Å². The van der Waals surface area contributed by atoms with Crippen molar-refractivity contribution in [3.63, 3.8) is 0 Å². The van der Waals surface area contributed by atoms with Crippen molar-refractivity contribution in [2.75, 3.05) is 37.4 Å². The maximum absolute atomic E-state index is 13.1. The van der Waals surface area contributed by atoms with Gasteiger partial charge in [-0.2, -0.15) is 0 Å². The lowest BCUT2D eigenvalue weighted by Gasteiger charge is -2.10. The topological polar surface area (TPSA) is 79.5 Å². The first kappa shape index (κ1) is 19.7. The van der Waals surface area contributed by atoms with Gasteiger partial charge >= 0.3 is 0 Å². The van der Waals surface area contributed by atoms with Crippen LogP contribution < -0.4 is 16.0 Å². The third kappa shape index (κ3) is 6.02. The van der Waals surface area contributed by atoms with E-state index in [9.17, 15) is 14.0 Å². The third-order valence-corrected chi connectivity index (χ3v) is 3.66. The van der Waals surface area contributed by atoms with Crippen molar-refractivity contribution < 1.29 is 18.7 Å². The SMILES string of the molecule is COCCNC(=O)c1cccc(NCC(=O)Nc2ccc(F)c(Cl)c2)c1. The second-order valence-corrected chi connectivity index (χ2v) is 5.77. The van der Waals surface area contributed by atoms with Gasteiger partial charge < -0.3 is 20.7 Å². The number of ether oxygens (including phenoxy) is 1. The lowest BCUT2D eigenvalue weighted by Crippen LogP contribution is -2.27. The van der Waals surface area contributed by atoms with E-state index < -0.39 is 5.82 Å². The Hall–Kier alpha value is -2.64. The van der Waals surface area contributed by atoms with Gasteiger partial charge in [0.05, 0.1) is 18.2 Å². The predicted molar refractivity (Wildman–Crippen MR) is 99.2 cm³/mol. The summed E-state index contributed by atoms with van der Waals surface area (Å²) in [4.78, 5) is 24.0. The first-order chi connectivity index (χ1) is 12.5. The standard InChI is InChI=1S/C18H19ClFN3O3/c1-26-8-7-21-18(25)12-3-2-4-13(9-12)22-11-17(24)23-14-5-6-16(20)15(19)10-14/h2-6,9-10,22H,7-8,11H2,1H3,(H,21,25)(H,23,24). The van der Waals surface area contributed by atoms with Gasteiger partial charge in [0, 0.05) is 30.6 Å². The van der Waals surface area contributed by atoms with E-state index in [1.165, 1.54) is 18.2 Å². The molecule has 0 aliphatic heterocycles. The van der Waals surface area contributed by atoms with Crippen LogP contribution in [0.25, 0.3) is 0 Å². The summed E-state index contributed by atoms with van der Waals surface area (Å²) in [6, 6.07) is 10.7. The first-order valence-electron chi connectivity index (χ1n) is 7.85. The highest BCUT2D eigenvalue weighted by atomic mass is 35.5. The third-order valence-electron chi connectivity index (χ3n) is 3.37. The Morgan fingerprint density at radius 3 is 2.69 bits per heavy atom. The van der Waals surface area contributed by atoms with Crippen LogP contribution in [0.3, 0.4) is 0 Å². The summed E-state index contributed by atoms with van der Waals surface area (Å²) < 4.78 is 18.0. The summed E-state index contributed by atoms with van der Waals surface area (Å²) in [6.45, 7) is 0.816. The normalized spacial score (nSPS) is 10.3. The van der Waals surface area contributed by atoms with E-state index in [0.29, 0.717) is 30.1 Å². The lowest BCUT2D eigenvalue weighted by atomic mass is 10.2. The molecule has 0 spiro atoms. The highest BCUT2D eigenvalue weighted by Crippen LogP contribution is 2.19. The van der Waals surface area contributed by atoms with Crippen molar-refractivity contribution in [2.45, 2.75) is 0 Å². The van der Waals surface area contributed by atoms with Crippen molar-refractivity contribution in [1.82, 2.24) is 5.32 Å². The maximum Gasteiger partial charge on any atom is 0.251 e. The Balaban J connectivity index is 1.88. The van der Waals surface area contributed by atoms with Crippen LogP contribution in [0.2, 0.25) is 5.02 Å². The summed E-state index contributed by atoms with van der Waals surface area (Å²) in [7, 11) is 1.56. The van der Waals surface area contributed by atoms with E-state index in [0.717, 1.165) is 0 Å². The molecule has 2 rings (SSSR count). The molecule has 0 aliphatic rings. The Morgan fingerprint density at radius 1 is 1.15 bits per heavy atom. The fraction of sp³-hybridized carbons (Fsp3) is 0.222. The highest BCUT2D eigenvalue weighted by Gasteiger charge is 2.08. The molecule has 3 N–H and O–H groups in total. The number of carbonyl (C=O) groups is 2. The fourth-order valence-corrected chi connectivity index (χ4v) is 2.28. The van der Waals surface area contributed by atoms with Crippen LogP contribution in [0.1, 0.15) is 10.4 Å². The first-order valence-corrected chi connectivity index (χ1v) is 8.23. The summed E-state index contributed by atoms with van der Waals surface area (Å²) in [6.07, 6.45) is 0.